The Hall–Kier alpha value is -0.940. The van der Waals surface area contributed by atoms with Crippen LogP contribution in [0.4, 0.5) is 0 Å². The van der Waals surface area contributed by atoms with Gasteiger partial charge >= 0.3 is 0 Å². The van der Waals surface area contributed by atoms with Crippen molar-refractivity contribution in [3.63, 3.8) is 0 Å². The van der Waals surface area contributed by atoms with Crippen molar-refractivity contribution in [2.75, 3.05) is 13.2 Å². The Morgan fingerprint density at radius 2 is 2.31 bits per heavy atom. The Balaban J connectivity index is 2.32. The molecule has 1 N–H and O–H groups in total. The third-order valence-corrected chi connectivity index (χ3v) is 2.31. The molecule has 1 aromatic heterocycles. The van der Waals surface area contributed by atoms with E-state index in [0.717, 1.165) is 38.5 Å². The van der Waals surface area contributed by atoms with Gasteiger partial charge in [-0.25, -0.2) is 9.67 Å². The highest BCUT2D eigenvalue weighted by atomic mass is 16.5. The second-order valence-corrected chi connectivity index (χ2v) is 3.84. The number of nitrogens with zero attached hydrogens (tertiary/aromatic N) is 3. The molecule has 0 saturated carbocycles. The molecule has 0 aliphatic heterocycles. The molecule has 0 radical (unpaired) electrons. The van der Waals surface area contributed by atoms with Gasteiger partial charge in [-0.15, -0.1) is 0 Å². The van der Waals surface area contributed by atoms with Gasteiger partial charge in [-0.05, 0) is 20.3 Å². The molecule has 1 unspecified atom stereocenters. The van der Waals surface area contributed by atoms with Crippen LogP contribution in [0.3, 0.4) is 0 Å². The van der Waals surface area contributed by atoms with E-state index in [9.17, 15) is 0 Å². The minimum absolute atomic E-state index is 0.340. The van der Waals surface area contributed by atoms with Gasteiger partial charge in [0.05, 0.1) is 13.2 Å². The molecule has 0 amide bonds. The Bertz CT molecular complexity index is 287. The van der Waals surface area contributed by atoms with Gasteiger partial charge in [-0.1, -0.05) is 6.92 Å². The van der Waals surface area contributed by atoms with Crippen molar-refractivity contribution in [1.82, 2.24) is 20.1 Å². The normalized spacial score (nSPS) is 12.9. The van der Waals surface area contributed by atoms with Crippen molar-refractivity contribution in [2.24, 2.45) is 0 Å². The van der Waals surface area contributed by atoms with Crippen LogP contribution in [-0.2, 0) is 17.8 Å². The lowest BCUT2D eigenvalue weighted by Gasteiger charge is -2.13. The number of hydrogen-bond acceptors (Lipinski definition) is 4. The van der Waals surface area contributed by atoms with E-state index in [1.807, 2.05) is 11.6 Å². The molecule has 0 fully saturated rings. The summed E-state index contributed by atoms with van der Waals surface area (Å²) >= 11 is 0. The second-order valence-electron chi connectivity index (χ2n) is 3.84. The van der Waals surface area contributed by atoms with Gasteiger partial charge in [0.15, 0.2) is 0 Å². The molecule has 0 spiro atoms. The van der Waals surface area contributed by atoms with E-state index in [1.54, 1.807) is 6.33 Å². The number of nitrogens with one attached hydrogen (secondary N) is 1. The number of rotatable bonds is 8. The van der Waals surface area contributed by atoms with Crippen LogP contribution in [0.15, 0.2) is 6.33 Å². The Morgan fingerprint density at radius 1 is 1.50 bits per heavy atom. The van der Waals surface area contributed by atoms with Gasteiger partial charge in [0.25, 0.3) is 0 Å². The average Bonchev–Trinajstić information content (AvgIpc) is 2.72. The summed E-state index contributed by atoms with van der Waals surface area (Å²) in [6.45, 7) is 9.42. The monoisotopic (exact) mass is 226 g/mol. The van der Waals surface area contributed by atoms with Crippen molar-refractivity contribution in [1.29, 1.82) is 0 Å². The Morgan fingerprint density at radius 3 is 3.00 bits per heavy atom. The van der Waals surface area contributed by atoms with Crippen molar-refractivity contribution < 1.29 is 4.74 Å². The van der Waals surface area contributed by atoms with Crippen LogP contribution in [0.1, 0.15) is 33.0 Å². The summed E-state index contributed by atoms with van der Waals surface area (Å²) in [5.74, 6) is 0.991. The predicted octanol–water partition coefficient (Wildman–Crippen LogP) is 1.20. The van der Waals surface area contributed by atoms with Crippen LogP contribution < -0.4 is 5.32 Å². The average molecular weight is 226 g/mol. The fraction of sp³-hybridized carbons (Fsp3) is 0.818. The standard InChI is InChI=1S/C11H22N4O/c1-4-6-15-11(13-9-14-15)7-12-10(3)8-16-5-2/h9-10,12H,4-8H2,1-3H3. The zero-order valence-corrected chi connectivity index (χ0v) is 10.4. The summed E-state index contributed by atoms with van der Waals surface area (Å²) in [4.78, 5) is 4.24. The molecular weight excluding hydrogens is 204 g/mol. The fourth-order valence-corrected chi connectivity index (χ4v) is 1.44. The maximum Gasteiger partial charge on any atom is 0.140 e. The lowest BCUT2D eigenvalue weighted by atomic mass is 10.3. The van der Waals surface area contributed by atoms with Gasteiger partial charge in [0.2, 0.25) is 0 Å². The highest BCUT2D eigenvalue weighted by molar-refractivity contribution is 4.84. The SMILES string of the molecule is CCCn1ncnc1CNC(C)COCC. The number of aryl methyl sites for hydroxylation is 1. The molecule has 5 heteroatoms. The lowest BCUT2D eigenvalue weighted by molar-refractivity contribution is 0.126. The third-order valence-electron chi connectivity index (χ3n) is 2.31. The number of hydrogen-bond donors (Lipinski definition) is 1. The van der Waals surface area contributed by atoms with Gasteiger partial charge in [0.1, 0.15) is 12.2 Å². The van der Waals surface area contributed by atoms with E-state index in [4.69, 9.17) is 4.74 Å². The Kier molecular flexibility index (Phi) is 6.03. The maximum atomic E-state index is 5.34. The first-order chi connectivity index (χ1) is 7.77. The van der Waals surface area contributed by atoms with Crippen LogP contribution >= 0.6 is 0 Å². The van der Waals surface area contributed by atoms with Crippen LogP contribution in [-0.4, -0.2) is 34.0 Å². The summed E-state index contributed by atoms with van der Waals surface area (Å²) in [5.41, 5.74) is 0. The number of ether oxygens (including phenoxy) is 1. The van der Waals surface area contributed by atoms with Crippen LogP contribution in [0.25, 0.3) is 0 Å². The third kappa shape index (κ3) is 4.28. The topological polar surface area (TPSA) is 52.0 Å². The zero-order chi connectivity index (χ0) is 11.8. The van der Waals surface area contributed by atoms with Crippen LogP contribution in [0.2, 0.25) is 0 Å². The van der Waals surface area contributed by atoms with Crippen LogP contribution in [0.5, 0.6) is 0 Å². The molecule has 1 aromatic rings. The summed E-state index contributed by atoms with van der Waals surface area (Å²) in [5, 5.41) is 7.55. The molecular formula is C11H22N4O. The van der Waals surface area contributed by atoms with E-state index in [2.05, 4.69) is 29.2 Å². The van der Waals surface area contributed by atoms with Crippen molar-refractivity contribution in [3.8, 4) is 0 Å². The minimum atomic E-state index is 0.340. The second kappa shape index (κ2) is 7.35. The first-order valence-corrected chi connectivity index (χ1v) is 5.95. The number of aromatic nitrogens is 3. The van der Waals surface area contributed by atoms with Crippen molar-refractivity contribution >= 4 is 0 Å². The van der Waals surface area contributed by atoms with E-state index in [1.165, 1.54) is 0 Å². The molecule has 0 bridgehead atoms. The maximum absolute atomic E-state index is 5.34. The molecule has 0 aliphatic rings. The first-order valence-electron chi connectivity index (χ1n) is 5.95. The van der Waals surface area contributed by atoms with Crippen molar-refractivity contribution in [3.05, 3.63) is 12.2 Å². The van der Waals surface area contributed by atoms with Gasteiger partial charge in [-0.2, -0.15) is 5.10 Å². The van der Waals surface area contributed by atoms with Crippen molar-refractivity contribution in [2.45, 2.75) is 46.3 Å². The molecule has 16 heavy (non-hydrogen) atoms. The van der Waals surface area contributed by atoms with E-state index >= 15 is 0 Å². The van der Waals surface area contributed by atoms with Crippen LogP contribution in [0, 0.1) is 0 Å². The summed E-state index contributed by atoms with van der Waals surface area (Å²) in [6.07, 6.45) is 2.69. The molecule has 5 nitrogen and oxygen atoms in total. The molecule has 1 rings (SSSR count). The first kappa shape index (κ1) is 13.1. The van der Waals surface area contributed by atoms with E-state index in [-0.39, 0.29) is 0 Å². The fourth-order valence-electron chi connectivity index (χ4n) is 1.44. The highest BCUT2D eigenvalue weighted by Gasteiger charge is 2.06. The van der Waals surface area contributed by atoms with Gasteiger partial charge < -0.3 is 10.1 Å². The zero-order valence-electron chi connectivity index (χ0n) is 10.4. The largest absolute Gasteiger partial charge is 0.380 e. The molecule has 1 heterocycles. The predicted molar refractivity (Wildman–Crippen MR) is 63.1 cm³/mol. The minimum Gasteiger partial charge on any atom is -0.380 e. The summed E-state index contributed by atoms with van der Waals surface area (Å²) in [7, 11) is 0. The lowest BCUT2D eigenvalue weighted by Crippen LogP contribution is -2.31. The molecule has 0 aliphatic carbocycles. The van der Waals surface area contributed by atoms with Gasteiger partial charge in [0, 0.05) is 19.2 Å². The Labute approximate surface area is 97.2 Å². The smallest absolute Gasteiger partial charge is 0.140 e. The van der Waals surface area contributed by atoms with E-state index < -0.39 is 0 Å². The highest BCUT2D eigenvalue weighted by Crippen LogP contribution is 1.96. The summed E-state index contributed by atoms with van der Waals surface area (Å²) in [6, 6.07) is 0.340. The molecule has 92 valence electrons. The van der Waals surface area contributed by atoms with E-state index in [0.29, 0.717) is 6.04 Å². The summed E-state index contributed by atoms with van der Waals surface area (Å²) < 4.78 is 7.28. The molecule has 0 aromatic carbocycles. The molecule has 1 atom stereocenters. The molecule has 0 saturated heterocycles. The van der Waals surface area contributed by atoms with Gasteiger partial charge in [-0.3, -0.25) is 0 Å². The quantitative estimate of drug-likeness (QED) is 0.723.